The summed E-state index contributed by atoms with van der Waals surface area (Å²) in [4.78, 5) is 15.3. The van der Waals surface area contributed by atoms with E-state index in [2.05, 4.69) is 20.3 Å². The Morgan fingerprint density at radius 1 is 1.15 bits per heavy atom. The number of morpholine rings is 1. The van der Waals surface area contributed by atoms with E-state index < -0.39 is 17.4 Å². The molecule has 34 heavy (non-hydrogen) atoms. The maximum atomic E-state index is 15.2. The Morgan fingerprint density at radius 3 is 2.76 bits per heavy atom. The van der Waals surface area contributed by atoms with Crippen LogP contribution in [0.5, 0.6) is 11.8 Å². The highest BCUT2D eigenvalue weighted by Gasteiger charge is 2.24. The summed E-state index contributed by atoms with van der Waals surface area (Å²) in [6.07, 6.45) is 8.09. The molecular formula is C25H25F2N5O2. The van der Waals surface area contributed by atoms with Gasteiger partial charge in [0.25, 0.3) is 0 Å². The van der Waals surface area contributed by atoms with Gasteiger partial charge in [-0.1, -0.05) is 23.8 Å². The lowest BCUT2D eigenvalue weighted by molar-refractivity contribution is 0.122. The number of hydrogen-bond acceptors (Lipinski definition) is 7. The molecule has 1 aliphatic carbocycles. The van der Waals surface area contributed by atoms with E-state index in [1.165, 1.54) is 6.07 Å². The summed E-state index contributed by atoms with van der Waals surface area (Å²) in [5.41, 5.74) is 2.98. The zero-order chi connectivity index (χ0) is 23.7. The Bertz CT molecular complexity index is 1250. The standard InChI is InChI=1S/C25H25F2N5O2/c1-3-4-16-11-20(28-14-16)29-21-13-22(32-5-7-33-8-6-32)31-25(30-21)34-24-19(26)12-17-9-15(2)10-18(17)23(24)27/h3-4,10-13H,5-9,14H2,1-2H3,(H,28,29,30,31)/b4-3-. The van der Waals surface area contributed by atoms with Gasteiger partial charge in [-0.25, -0.2) is 8.78 Å². The van der Waals surface area contributed by atoms with Crippen molar-refractivity contribution in [1.82, 2.24) is 9.97 Å². The smallest absolute Gasteiger partial charge is 0.326 e. The fraction of sp³-hybridized carbons (Fsp3) is 0.320. The van der Waals surface area contributed by atoms with Crippen LogP contribution in [0.2, 0.25) is 0 Å². The van der Waals surface area contributed by atoms with Gasteiger partial charge in [0.2, 0.25) is 5.75 Å². The van der Waals surface area contributed by atoms with E-state index in [1.54, 1.807) is 12.1 Å². The summed E-state index contributed by atoms with van der Waals surface area (Å²) in [5, 5.41) is 3.17. The molecule has 2 aromatic rings. The van der Waals surface area contributed by atoms with Crippen LogP contribution in [0.4, 0.5) is 20.4 Å². The predicted octanol–water partition coefficient (Wildman–Crippen LogP) is 4.67. The lowest BCUT2D eigenvalue weighted by Crippen LogP contribution is -2.36. The number of fused-ring (bicyclic) bond motifs is 1. The van der Waals surface area contributed by atoms with Crippen molar-refractivity contribution in [2.45, 2.75) is 20.3 Å². The van der Waals surface area contributed by atoms with E-state index in [-0.39, 0.29) is 6.01 Å². The summed E-state index contributed by atoms with van der Waals surface area (Å²) in [7, 11) is 0. The van der Waals surface area contributed by atoms with Crippen LogP contribution in [-0.4, -0.2) is 48.7 Å². The number of nitrogens with zero attached hydrogens (tertiary/aromatic N) is 4. The van der Waals surface area contributed by atoms with Crippen molar-refractivity contribution in [3.63, 3.8) is 0 Å². The minimum absolute atomic E-state index is 0.154. The van der Waals surface area contributed by atoms with Gasteiger partial charge in [-0.05, 0) is 43.5 Å². The molecule has 9 heteroatoms. The number of hydrogen-bond donors (Lipinski definition) is 1. The molecule has 7 nitrogen and oxygen atoms in total. The van der Waals surface area contributed by atoms with E-state index in [4.69, 9.17) is 9.47 Å². The van der Waals surface area contributed by atoms with E-state index in [0.29, 0.717) is 67.9 Å². The number of rotatable bonds is 5. The molecule has 1 aromatic carbocycles. The first-order chi connectivity index (χ1) is 16.5. The van der Waals surface area contributed by atoms with Crippen LogP contribution in [0.15, 0.2) is 46.5 Å². The minimum Gasteiger partial charge on any atom is -0.418 e. The normalized spacial score (nSPS) is 17.5. The number of amidine groups is 1. The van der Waals surface area contributed by atoms with Crippen molar-refractivity contribution in [3.05, 3.63) is 64.3 Å². The molecule has 0 radical (unpaired) electrons. The Balaban J connectivity index is 1.48. The van der Waals surface area contributed by atoms with Crippen LogP contribution >= 0.6 is 0 Å². The fourth-order valence-electron chi connectivity index (χ4n) is 4.19. The van der Waals surface area contributed by atoms with Crippen molar-refractivity contribution in [2.24, 2.45) is 4.99 Å². The third kappa shape index (κ3) is 4.56. The number of anilines is 2. The molecule has 0 unspecified atom stereocenters. The molecule has 0 atom stereocenters. The van der Waals surface area contributed by atoms with Crippen LogP contribution in [-0.2, 0) is 11.2 Å². The number of aromatic nitrogens is 2. The zero-order valence-corrected chi connectivity index (χ0v) is 19.1. The van der Waals surface area contributed by atoms with Gasteiger partial charge >= 0.3 is 6.01 Å². The monoisotopic (exact) mass is 465 g/mol. The quantitative estimate of drug-likeness (QED) is 0.692. The number of benzene rings is 1. The highest BCUT2D eigenvalue weighted by molar-refractivity contribution is 6.05. The highest BCUT2D eigenvalue weighted by Crippen LogP contribution is 2.36. The summed E-state index contributed by atoms with van der Waals surface area (Å²) in [6.45, 7) is 6.78. The molecule has 3 aliphatic rings. The topological polar surface area (TPSA) is 71.9 Å². The van der Waals surface area contributed by atoms with Gasteiger partial charge in [-0.2, -0.15) is 9.97 Å². The van der Waals surface area contributed by atoms with Crippen LogP contribution in [0.25, 0.3) is 6.08 Å². The molecule has 5 rings (SSSR count). The SMILES string of the molecule is C/C=C\C1=CC(Nc2cc(N3CCOCC3)nc(Oc3c(F)cc4c(c3F)C=C(C)C4)n2)=NC1. The van der Waals surface area contributed by atoms with Gasteiger partial charge in [-0.3, -0.25) is 4.99 Å². The van der Waals surface area contributed by atoms with E-state index in [9.17, 15) is 4.39 Å². The van der Waals surface area contributed by atoms with Crippen LogP contribution < -0.4 is 15.0 Å². The number of ether oxygens (including phenoxy) is 2. The average Bonchev–Trinajstić information content (AvgIpc) is 3.43. The lowest BCUT2D eigenvalue weighted by atomic mass is 10.1. The Morgan fingerprint density at radius 2 is 1.97 bits per heavy atom. The molecule has 1 saturated heterocycles. The first kappa shape index (κ1) is 22.2. The Hall–Kier alpha value is -3.59. The van der Waals surface area contributed by atoms with Gasteiger partial charge in [0.15, 0.2) is 11.6 Å². The molecule has 1 aromatic heterocycles. The van der Waals surface area contributed by atoms with E-state index in [0.717, 1.165) is 11.1 Å². The maximum absolute atomic E-state index is 15.2. The Labute approximate surface area is 196 Å². The van der Waals surface area contributed by atoms with Crippen molar-refractivity contribution >= 4 is 23.5 Å². The molecule has 3 heterocycles. The third-order valence-electron chi connectivity index (χ3n) is 5.77. The molecule has 0 saturated carbocycles. The number of nitrogens with one attached hydrogen (secondary N) is 1. The highest BCUT2D eigenvalue weighted by atomic mass is 19.1. The molecular weight excluding hydrogens is 440 g/mol. The first-order valence-corrected chi connectivity index (χ1v) is 11.2. The van der Waals surface area contributed by atoms with Crippen LogP contribution in [0, 0.1) is 11.6 Å². The fourth-order valence-corrected chi connectivity index (χ4v) is 4.19. The summed E-state index contributed by atoms with van der Waals surface area (Å²) < 4.78 is 41.0. The van der Waals surface area contributed by atoms with Gasteiger partial charge in [0, 0.05) is 24.7 Å². The molecule has 1 fully saturated rings. The molecule has 0 spiro atoms. The second kappa shape index (κ2) is 9.34. The zero-order valence-electron chi connectivity index (χ0n) is 19.1. The summed E-state index contributed by atoms with van der Waals surface area (Å²) >= 11 is 0. The summed E-state index contributed by atoms with van der Waals surface area (Å²) in [5.74, 6) is -0.413. The molecule has 2 aliphatic heterocycles. The summed E-state index contributed by atoms with van der Waals surface area (Å²) in [6, 6.07) is 2.93. The maximum Gasteiger partial charge on any atom is 0.326 e. The van der Waals surface area contributed by atoms with E-state index in [1.807, 2.05) is 37.0 Å². The second-order valence-corrected chi connectivity index (χ2v) is 8.38. The molecule has 0 amide bonds. The van der Waals surface area contributed by atoms with Crippen LogP contribution in [0.1, 0.15) is 25.0 Å². The van der Waals surface area contributed by atoms with Crippen molar-refractivity contribution < 1.29 is 18.3 Å². The van der Waals surface area contributed by atoms with Crippen molar-refractivity contribution in [2.75, 3.05) is 43.1 Å². The minimum atomic E-state index is -0.784. The largest absolute Gasteiger partial charge is 0.418 e. The van der Waals surface area contributed by atoms with Gasteiger partial charge in [0.05, 0.1) is 19.8 Å². The van der Waals surface area contributed by atoms with Gasteiger partial charge in [-0.15, -0.1) is 0 Å². The second-order valence-electron chi connectivity index (χ2n) is 8.38. The van der Waals surface area contributed by atoms with E-state index >= 15 is 4.39 Å². The number of halogens is 2. The average molecular weight is 466 g/mol. The van der Waals surface area contributed by atoms with Crippen molar-refractivity contribution in [3.8, 4) is 11.8 Å². The number of aliphatic imine (C=N–C) groups is 1. The molecule has 0 bridgehead atoms. The predicted molar refractivity (Wildman–Crippen MR) is 128 cm³/mol. The van der Waals surface area contributed by atoms with Gasteiger partial charge in [0.1, 0.15) is 17.5 Å². The molecule has 1 N–H and O–H groups in total. The van der Waals surface area contributed by atoms with Crippen molar-refractivity contribution in [1.29, 1.82) is 0 Å². The molecule has 176 valence electrons. The first-order valence-electron chi connectivity index (χ1n) is 11.2. The third-order valence-corrected chi connectivity index (χ3v) is 5.77. The Kier molecular flexibility index (Phi) is 6.10. The van der Waals surface area contributed by atoms with Gasteiger partial charge < -0.3 is 19.7 Å². The number of allylic oxidation sites excluding steroid dienone is 2. The van der Waals surface area contributed by atoms with Crippen LogP contribution in [0.3, 0.4) is 0 Å². The lowest BCUT2D eigenvalue weighted by Gasteiger charge is -2.28.